The lowest BCUT2D eigenvalue weighted by Gasteiger charge is -2.44. The van der Waals surface area contributed by atoms with Crippen LogP contribution >= 0.6 is 0 Å². The third-order valence-corrected chi connectivity index (χ3v) is 16.8. The van der Waals surface area contributed by atoms with E-state index < -0.39 is 25.2 Å². The Morgan fingerprint density at radius 1 is 0.857 bits per heavy atom. The first kappa shape index (κ1) is 17.4. The van der Waals surface area contributed by atoms with E-state index in [4.69, 9.17) is 8.23 Å². The first-order chi connectivity index (χ1) is 9.61. The molecule has 2 nitrogen and oxygen atoms in total. The molecular weight excluding hydrogens is 308 g/mol. The number of fused-ring (bicyclic) bond motifs is 2. The van der Waals surface area contributed by atoms with Crippen molar-refractivity contribution >= 4 is 25.2 Å². The van der Waals surface area contributed by atoms with E-state index in [0.717, 1.165) is 11.8 Å². The third-order valence-electron chi connectivity index (χ3n) is 5.33. The molecule has 0 spiro atoms. The van der Waals surface area contributed by atoms with Gasteiger partial charge in [0.05, 0.1) is 0 Å². The van der Waals surface area contributed by atoms with E-state index in [2.05, 4.69) is 57.3 Å². The van der Waals surface area contributed by atoms with Gasteiger partial charge in [0.25, 0.3) is 0 Å². The summed E-state index contributed by atoms with van der Waals surface area (Å²) in [4.78, 5) is 0. The van der Waals surface area contributed by atoms with Crippen molar-refractivity contribution in [2.24, 2.45) is 11.8 Å². The van der Waals surface area contributed by atoms with Crippen molar-refractivity contribution in [3.8, 4) is 0 Å². The molecule has 0 saturated heterocycles. The summed E-state index contributed by atoms with van der Waals surface area (Å²) in [6.07, 6.45) is 5.55. The van der Waals surface area contributed by atoms with E-state index >= 15 is 0 Å². The molecule has 2 saturated carbocycles. The molecule has 21 heavy (non-hydrogen) atoms. The molecule has 120 valence electrons. The molecule has 2 bridgehead atoms. The minimum absolute atomic E-state index is 0.676. The molecule has 0 aromatic carbocycles. The van der Waals surface area contributed by atoms with Crippen LogP contribution in [0.4, 0.5) is 0 Å². The summed E-state index contributed by atoms with van der Waals surface area (Å²) in [7, 11) is -5.87. The van der Waals surface area contributed by atoms with Gasteiger partial charge in [0, 0.05) is 5.54 Å². The number of rotatable bonds is 7. The van der Waals surface area contributed by atoms with Gasteiger partial charge in [-0.25, -0.2) is 0 Å². The van der Waals surface area contributed by atoms with Crippen molar-refractivity contribution in [1.82, 2.24) is 0 Å². The van der Waals surface area contributed by atoms with Crippen LogP contribution in [0.5, 0.6) is 0 Å². The van der Waals surface area contributed by atoms with Crippen molar-refractivity contribution in [2.75, 3.05) is 0 Å². The normalized spacial score (nSPS) is 29.7. The lowest BCUT2D eigenvalue weighted by Crippen LogP contribution is -2.57. The van der Waals surface area contributed by atoms with Crippen molar-refractivity contribution in [1.29, 1.82) is 0 Å². The van der Waals surface area contributed by atoms with E-state index in [-0.39, 0.29) is 0 Å². The van der Waals surface area contributed by atoms with Gasteiger partial charge in [-0.05, 0) is 57.4 Å². The number of hydrogen-bond acceptors (Lipinski definition) is 2. The second kappa shape index (κ2) is 5.92. The Labute approximate surface area is 134 Å². The van der Waals surface area contributed by atoms with Crippen molar-refractivity contribution < 1.29 is 8.23 Å². The van der Waals surface area contributed by atoms with Gasteiger partial charge in [0.15, 0.2) is 16.6 Å². The molecule has 0 aliphatic heterocycles. The molecule has 2 fully saturated rings. The second-order valence-corrected chi connectivity index (χ2v) is 19.8. The molecule has 2 rings (SSSR count). The topological polar surface area (TPSA) is 18.5 Å². The van der Waals surface area contributed by atoms with Gasteiger partial charge in [-0.2, -0.15) is 0 Å². The molecule has 0 heterocycles. The molecule has 5 heteroatoms. The van der Waals surface area contributed by atoms with E-state index in [1.165, 1.54) is 25.7 Å². The van der Waals surface area contributed by atoms with E-state index in [9.17, 15) is 0 Å². The third kappa shape index (κ3) is 3.88. The first-order valence-electron chi connectivity index (χ1n) is 8.28. The molecule has 2 aliphatic carbocycles. The highest BCUT2D eigenvalue weighted by Gasteiger charge is 2.55. The predicted octanol–water partition coefficient (Wildman–Crippen LogP) is 5.14. The Morgan fingerprint density at radius 3 is 1.71 bits per heavy atom. The lowest BCUT2D eigenvalue weighted by atomic mass is 10.0. The zero-order valence-corrected chi connectivity index (χ0v) is 17.4. The maximum Gasteiger partial charge on any atom is 0.318 e. The van der Waals surface area contributed by atoms with Crippen LogP contribution in [0.3, 0.4) is 0 Å². The Hall–Kier alpha value is 0.0506. The van der Waals surface area contributed by atoms with E-state index in [0.29, 0.717) is 5.54 Å². The van der Waals surface area contributed by atoms with E-state index in [1.54, 1.807) is 0 Å². The summed E-state index contributed by atoms with van der Waals surface area (Å²) in [5, 5.41) is 0. The van der Waals surface area contributed by atoms with Crippen LogP contribution in [0.25, 0.3) is 0 Å². The predicted molar refractivity (Wildman–Crippen MR) is 98.3 cm³/mol. The molecule has 2 aliphatic rings. The van der Waals surface area contributed by atoms with Crippen molar-refractivity contribution in [2.45, 2.75) is 64.0 Å². The van der Waals surface area contributed by atoms with Crippen LogP contribution in [0.15, 0.2) is 24.6 Å². The average molecular weight is 341 g/mol. The van der Waals surface area contributed by atoms with Gasteiger partial charge in [-0.3, -0.25) is 0 Å². The highest BCUT2D eigenvalue weighted by Crippen LogP contribution is 2.56. The fourth-order valence-electron chi connectivity index (χ4n) is 4.19. The van der Waals surface area contributed by atoms with Gasteiger partial charge >= 0.3 is 8.56 Å². The molecule has 3 atom stereocenters. The molecular formula is C16H32O2Si3. The minimum Gasteiger partial charge on any atom is -0.433 e. The van der Waals surface area contributed by atoms with Crippen LogP contribution in [0.2, 0.25) is 38.3 Å². The summed E-state index contributed by atoms with van der Waals surface area (Å²) in [5.41, 5.74) is 4.78. The van der Waals surface area contributed by atoms with Crippen LogP contribution in [-0.2, 0) is 8.23 Å². The second-order valence-electron chi connectivity index (χ2n) is 8.12. The smallest absolute Gasteiger partial charge is 0.318 e. The first-order valence-corrected chi connectivity index (χ1v) is 16.6. The molecule has 3 unspecified atom stereocenters. The van der Waals surface area contributed by atoms with Crippen LogP contribution in [0.1, 0.15) is 25.7 Å². The van der Waals surface area contributed by atoms with Gasteiger partial charge in [-0.15, -0.1) is 13.2 Å². The van der Waals surface area contributed by atoms with Crippen molar-refractivity contribution in [3.63, 3.8) is 0 Å². The maximum absolute atomic E-state index is 6.77. The highest BCUT2D eigenvalue weighted by molar-refractivity contribution is 6.91. The van der Waals surface area contributed by atoms with Crippen LogP contribution in [0, 0.1) is 11.8 Å². The quantitative estimate of drug-likeness (QED) is 0.597. The standard InChI is InChI=1S/C16H32O2Si3/c1-8-19(3,4)17-21(7,18-20(5,6)9-2)16-13-14-10-11-15(16)12-14/h8-9,14-16H,1-2,10-13H2,3-7H3. The number of hydrogen-bond donors (Lipinski definition) is 0. The van der Waals surface area contributed by atoms with Gasteiger partial charge < -0.3 is 8.23 Å². The van der Waals surface area contributed by atoms with E-state index in [1.807, 2.05) is 0 Å². The zero-order chi connectivity index (χ0) is 15.9. The Kier molecular flexibility index (Phi) is 4.91. The minimum atomic E-state index is -2.20. The fourth-order valence-corrected chi connectivity index (χ4v) is 16.9. The Balaban J connectivity index is 2.25. The van der Waals surface area contributed by atoms with Crippen LogP contribution < -0.4 is 0 Å². The molecule has 0 radical (unpaired) electrons. The summed E-state index contributed by atoms with van der Waals surface area (Å²) < 4.78 is 13.5. The summed E-state index contributed by atoms with van der Waals surface area (Å²) in [6, 6.07) is 0. The summed E-state index contributed by atoms with van der Waals surface area (Å²) in [5.74, 6) is 1.77. The van der Waals surface area contributed by atoms with Crippen LogP contribution in [-0.4, -0.2) is 25.2 Å². The summed E-state index contributed by atoms with van der Waals surface area (Å²) in [6.45, 7) is 19.3. The Morgan fingerprint density at radius 2 is 1.38 bits per heavy atom. The lowest BCUT2D eigenvalue weighted by molar-refractivity contribution is 0.327. The largest absolute Gasteiger partial charge is 0.433 e. The van der Waals surface area contributed by atoms with Crippen molar-refractivity contribution in [3.05, 3.63) is 24.6 Å². The summed E-state index contributed by atoms with van der Waals surface area (Å²) >= 11 is 0. The maximum atomic E-state index is 6.77. The SMILES string of the molecule is C=C[Si](C)(C)O[Si](C)(O[Si](C)(C)C=C)C1CC2CCC1C2. The monoisotopic (exact) mass is 340 g/mol. The molecule has 0 amide bonds. The zero-order valence-electron chi connectivity index (χ0n) is 14.4. The molecule has 0 N–H and O–H groups in total. The fraction of sp³-hybridized carbons (Fsp3) is 0.750. The van der Waals surface area contributed by atoms with Gasteiger partial charge in [-0.1, -0.05) is 24.2 Å². The van der Waals surface area contributed by atoms with Gasteiger partial charge in [0.1, 0.15) is 0 Å². The average Bonchev–Trinajstić information content (AvgIpc) is 3.00. The Bertz CT molecular complexity index is 398. The highest BCUT2D eigenvalue weighted by atomic mass is 28.5. The molecule has 0 aromatic heterocycles. The van der Waals surface area contributed by atoms with Gasteiger partial charge in [0.2, 0.25) is 0 Å². The molecule has 0 aromatic rings.